The van der Waals surface area contributed by atoms with Gasteiger partial charge in [0.05, 0.1) is 17.9 Å². The molecular weight excluding hydrogens is 406 g/mol. The van der Waals surface area contributed by atoms with Crippen molar-refractivity contribution in [2.75, 3.05) is 39.8 Å². The zero-order valence-electron chi connectivity index (χ0n) is 18.9. The third kappa shape index (κ3) is 3.74. The van der Waals surface area contributed by atoms with E-state index < -0.39 is 0 Å². The first kappa shape index (κ1) is 21.2. The average Bonchev–Trinajstić information content (AvgIpc) is 3.60. The molecule has 1 saturated carbocycles. The zero-order chi connectivity index (χ0) is 22.2. The van der Waals surface area contributed by atoms with Crippen molar-refractivity contribution in [1.82, 2.24) is 20.4 Å². The summed E-state index contributed by atoms with van der Waals surface area (Å²) in [6.45, 7) is 5.63. The van der Waals surface area contributed by atoms with Crippen LogP contribution in [0.15, 0.2) is 33.7 Å². The van der Waals surface area contributed by atoms with Crippen LogP contribution in [0.2, 0.25) is 0 Å². The first-order valence-electron chi connectivity index (χ1n) is 11.8. The van der Waals surface area contributed by atoms with Gasteiger partial charge in [-0.1, -0.05) is 12.2 Å². The number of hydrogen-bond donors (Lipinski definition) is 2. The van der Waals surface area contributed by atoms with Gasteiger partial charge in [-0.25, -0.2) is 0 Å². The Labute approximate surface area is 189 Å². The van der Waals surface area contributed by atoms with Crippen LogP contribution in [0.5, 0.6) is 0 Å². The summed E-state index contributed by atoms with van der Waals surface area (Å²) in [6, 6.07) is 4.21. The molecule has 2 aliphatic carbocycles. The first-order chi connectivity index (χ1) is 15.6. The van der Waals surface area contributed by atoms with Crippen LogP contribution in [-0.4, -0.2) is 67.3 Å². The highest BCUT2D eigenvalue weighted by atomic mass is 16.3. The molecule has 0 aromatic carbocycles. The molecule has 5 rings (SSSR count). The van der Waals surface area contributed by atoms with Gasteiger partial charge in [0.25, 0.3) is 0 Å². The average molecular weight is 440 g/mol. The minimum absolute atomic E-state index is 0.00360. The van der Waals surface area contributed by atoms with E-state index in [-0.39, 0.29) is 41.5 Å². The monoisotopic (exact) mass is 439 g/mol. The summed E-state index contributed by atoms with van der Waals surface area (Å²) < 4.78 is 5.93. The third-order valence-electron chi connectivity index (χ3n) is 7.55. The second kappa shape index (κ2) is 8.73. The van der Waals surface area contributed by atoms with Crippen molar-refractivity contribution in [3.63, 3.8) is 0 Å². The Kier molecular flexibility index (Phi) is 5.80. The van der Waals surface area contributed by atoms with E-state index in [2.05, 4.69) is 38.7 Å². The van der Waals surface area contributed by atoms with Crippen LogP contribution < -0.4 is 10.6 Å². The van der Waals surface area contributed by atoms with Crippen molar-refractivity contribution in [1.29, 1.82) is 0 Å². The smallest absolute Gasteiger partial charge is 0.233 e. The summed E-state index contributed by atoms with van der Waals surface area (Å²) in [5, 5.41) is 6.68. The van der Waals surface area contributed by atoms with Crippen LogP contribution in [0.1, 0.15) is 36.8 Å². The van der Waals surface area contributed by atoms with Gasteiger partial charge in [0.1, 0.15) is 11.5 Å². The van der Waals surface area contributed by atoms with Crippen molar-refractivity contribution in [2.24, 2.45) is 28.7 Å². The number of nitrogens with one attached hydrogen (secondary N) is 2. The van der Waals surface area contributed by atoms with Crippen molar-refractivity contribution in [3.8, 4) is 0 Å². The van der Waals surface area contributed by atoms with Crippen LogP contribution in [-0.2, 0) is 9.59 Å². The molecule has 2 saturated heterocycles. The van der Waals surface area contributed by atoms with Gasteiger partial charge in [-0.3, -0.25) is 24.4 Å². The summed E-state index contributed by atoms with van der Waals surface area (Å²) in [6.07, 6.45) is 7.63. The topological polar surface area (TPSA) is 90.2 Å². The van der Waals surface area contributed by atoms with E-state index in [4.69, 9.17) is 4.42 Å². The number of carbonyl (C=O) groups excluding carboxylic acids is 2. The number of furan rings is 1. The fourth-order valence-corrected chi connectivity index (χ4v) is 5.98. The molecule has 172 valence electrons. The van der Waals surface area contributed by atoms with Crippen molar-refractivity contribution < 1.29 is 14.0 Å². The molecule has 2 N–H and O–H groups in total. The first-order valence-corrected chi connectivity index (χ1v) is 11.8. The molecule has 1 aromatic rings. The minimum Gasteiger partial charge on any atom is -0.465 e. The molecule has 0 spiro atoms. The van der Waals surface area contributed by atoms with Gasteiger partial charge in [0.15, 0.2) is 5.96 Å². The van der Waals surface area contributed by atoms with E-state index in [9.17, 15) is 9.59 Å². The lowest BCUT2D eigenvalue weighted by atomic mass is 9.85. The number of rotatable bonds is 7. The van der Waals surface area contributed by atoms with Gasteiger partial charge >= 0.3 is 0 Å². The number of hydrogen-bond acceptors (Lipinski definition) is 5. The van der Waals surface area contributed by atoms with Crippen LogP contribution in [0.25, 0.3) is 0 Å². The molecule has 4 aliphatic rings. The lowest BCUT2D eigenvalue weighted by molar-refractivity contribution is -0.140. The zero-order valence-corrected chi connectivity index (χ0v) is 18.9. The second-order valence-corrected chi connectivity index (χ2v) is 9.42. The SMILES string of the molecule is CN=C(NCCN1C(=O)C2C3C=CC(C3)C2C1=O)NCC(c1ccc(C)o1)N1CCCC1. The Morgan fingerprint density at radius 1 is 1.12 bits per heavy atom. The van der Waals surface area contributed by atoms with Gasteiger partial charge in [-0.2, -0.15) is 0 Å². The predicted molar refractivity (Wildman–Crippen MR) is 121 cm³/mol. The van der Waals surface area contributed by atoms with Gasteiger partial charge in [0, 0.05) is 26.7 Å². The normalized spacial score (nSPS) is 30.4. The molecule has 2 amide bonds. The van der Waals surface area contributed by atoms with Gasteiger partial charge in [-0.15, -0.1) is 0 Å². The molecule has 8 heteroatoms. The van der Waals surface area contributed by atoms with Gasteiger partial charge < -0.3 is 15.1 Å². The highest BCUT2D eigenvalue weighted by molar-refractivity contribution is 6.06. The Bertz CT molecular complexity index is 902. The van der Waals surface area contributed by atoms with Gasteiger partial charge in [-0.05, 0) is 63.2 Å². The fraction of sp³-hybridized carbons (Fsp3) is 0.625. The molecule has 0 radical (unpaired) electrons. The summed E-state index contributed by atoms with van der Waals surface area (Å²) in [4.78, 5) is 33.9. The summed E-state index contributed by atoms with van der Waals surface area (Å²) in [7, 11) is 1.73. The number of aliphatic imine (C=N–C) groups is 1. The Balaban J connectivity index is 1.14. The molecule has 3 fully saturated rings. The third-order valence-corrected chi connectivity index (χ3v) is 7.55. The quantitative estimate of drug-likeness (QED) is 0.291. The van der Waals surface area contributed by atoms with E-state index in [1.165, 1.54) is 17.7 Å². The highest BCUT2D eigenvalue weighted by Crippen LogP contribution is 2.52. The van der Waals surface area contributed by atoms with Crippen molar-refractivity contribution in [3.05, 3.63) is 35.8 Å². The fourth-order valence-electron chi connectivity index (χ4n) is 5.98. The number of fused-ring (bicyclic) bond motifs is 5. The molecule has 32 heavy (non-hydrogen) atoms. The van der Waals surface area contributed by atoms with Crippen LogP contribution in [0.4, 0.5) is 0 Å². The number of carbonyl (C=O) groups is 2. The van der Waals surface area contributed by atoms with Crippen LogP contribution in [0.3, 0.4) is 0 Å². The number of allylic oxidation sites excluding steroid dienone is 2. The Morgan fingerprint density at radius 3 is 2.41 bits per heavy atom. The summed E-state index contributed by atoms with van der Waals surface area (Å²) >= 11 is 0. The van der Waals surface area contributed by atoms with Gasteiger partial charge in [0.2, 0.25) is 11.8 Å². The Morgan fingerprint density at radius 2 is 1.81 bits per heavy atom. The summed E-state index contributed by atoms with van der Waals surface area (Å²) in [5.74, 6) is 2.80. The number of imide groups is 1. The number of amides is 2. The maximum absolute atomic E-state index is 12.8. The summed E-state index contributed by atoms with van der Waals surface area (Å²) in [5.41, 5.74) is 0. The van der Waals surface area contributed by atoms with E-state index >= 15 is 0 Å². The number of aryl methyl sites for hydroxylation is 1. The number of nitrogens with zero attached hydrogens (tertiary/aromatic N) is 3. The molecule has 3 heterocycles. The molecule has 8 nitrogen and oxygen atoms in total. The minimum atomic E-state index is -0.132. The largest absolute Gasteiger partial charge is 0.465 e. The van der Waals surface area contributed by atoms with E-state index in [0.717, 1.165) is 31.0 Å². The van der Waals surface area contributed by atoms with Crippen molar-refractivity contribution >= 4 is 17.8 Å². The van der Waals surface area contributed by atoms with Crippen LogP contribution >= 0.6 is 0 Å². The Hall–Kier alpha value is -2.61. The molecule has 5 unspecified atom stereocenters. The maximum atomic E-state index is 12.8. The highest BCUT2D eigenvalue weighted by Gasteiger charge is 2.58. The number of guanidine groups is 1. The van der Waals surface area contributed by atoms with Crippen LogP contribution in [0, 0.1) is 30.6 Å². The van der Waals surface area contributed by atoms with E-state index in [1.54, 1.807) is 7.05 Å². The molecule has 1 aromatic heterocycles. The standard InChI is InChI=1S/C24H33N5O3/c1-15-5-8-19(32-15)18(28-10-3-4-11-28)14-27-24(25-2)26-9-12-29-22(30)20-16-6-7-17(13-16)21(20)23(29)31/h5-8,16-18,20-21H,3-4,9-14H2,1-2H3,(H2,25,26,27). The molecule has 2 bridgehead atoms. The number of likely N-dealkylation sites (tertiary alicyclic amines) is 2. The lowest BCUT2D eigenvalue weighted by Gasteiger charge is -2.27. The maximum Gasteiger partial charge on any atom is 0.233 e. The molecular formula is C24H33N5O3. The van der Waals surface area contributed by atoms with Crippen molar-refractivity contribution in [2.45, 2.75) is 32.2 Å². The predicted octanol–water partition coefficient (Wildman–Crippen LogP) is 1.70. The van der Waals surface area contributed by atoms with E-state index in [1.807, 2.05) is 13.0 Å². The lowest BCUT2D eigenvalue weighted by Crippen LogP contribution is -2.45. The molecule has 2 aliphatic heterocycles. The molecule has 5 atom stereocenters. The second-order valence-electron chi connectivity index (χ2n) is 9.42. The van der Waals surface area contributed by atoms with E-state index in [0.29, 0.717) is 25.6 Å².